The van der Waals surface area contributed by atoms with Gasteiger partial charge in [0.25, 0.3) is 0 Å². The average molecular weight is 299 g/mol. The Morgan fingerprint density at radius 2 is 1.86 bits per heavy atom. The van der Waals surface area contributed by atoms with E-state index in [-0.39, 0.29) is 17.9 Å². The Hall–Kier alpha value is -1.14. The number of amides is 1. The van der Waals surface area contributed by atoms with Gasteiger partial charge in [-0.15, -0.1) is 0 Å². The first-order valence-electron chi connectivity index (χ1n) is 7.94. The SMILES string of the molecule is CCN(CC)CC(C)NCC(=O)N1CCC(C(=O)O)CC1. The van der Waals surface area contributed by atoms with Gasteiger partial charge in [-0.3, -0.25) is 9.59 Å². The molecule has 6 heteroatoms. The van der Waals surface area contributed by atoms with Crippen molar-refractivity contribution in [2.75, 3.05) is 39.3 Å². The topological polar surface area (TPSA) is 72.9 Å². The molecule has 2 N–H and O–H groups in total. The molecule has 0 aromatic rings. The second-order valence-corrected chi connectivity index (χ2v) is 5.76. The van der Waals surface area contributed by atoms with Crippen LogP contribution in [0.5, 0.6) is 0 Å². The van der Waals surface area contributed by atoms with Gasteiger partial charge in [-0.25, -0.2) is 0 Å². The summed E-state index contributed by atoms with van der Waals surface area (Å²) in [6.45, 7) is 10.8. The van der Waals surface area contributed by atoms with Gasteiger partial charge in [-0.05, 0) is 32.9 Å². The van der Waals surface area contributed by atoms with E-state index >= 15 is 0 Å². The van der Waals surface area contributed by atoms with Crippen LogP contribution in [0.25, 0.3) is 0 Å². The number of piperidine rings is 1. The number of carboxylic acid groups (broad SMARTS) is 1. The van der Waals surface area contributed by atoms with Crippen LogP contribution in [-0.4, -0.2) is 72.1 Å². The van der Waals surface area contributed by atoms with Gasteiger partial charge in [0.2, 0.25) is 5.91 Å². The number of hydrogen-bond donors (Lipinski definition) is 2. The number of carbonyl (C=O) groups excluding carboxylic acids is 1. The van der Waals surface area contributed by atoms with E-state index < -0.39 is 5.97 Å². The maximum absolute atomic E-state index is 12.1. The molecule has 0 spiro atoms. The van der Waals surface area contributed by atoms with Crippen molar-refractivity contribution >= 4 is 11.9 Å². The van der Waals surface area contributed by atoms with E-state index in [0.29, 0.717) is 32.5 Å². The number of carboxylic acids is 1. The minimum Gasteiger partial charge on any atom is -0.481 e. The third-order valence-electron chi connectivity index (χ3n) is 4.23. The maximum Gasteiger partial charge on any atom is 0.306 e. The molecule has 1 aliphatic heterocycles. The molecule has 0 radical (unpaired) electrons. The van der Waals surface area contributed by atoms with Gasteiger partial charge in [0.05, 0.1) is 12.5 Å². The second-order valence-electron chi connectivity index (χ2n) is 5.76. The predicted octanol–water partition coefficient (Wildman–Crippen LogP) is 0.630. The van der Waals surface area contributed by atoms with Gasteiger partial charge in [-0.2, -0.15) is 0 Å². The van der Waals surface area contributed by atoms with Crippen LogP contribution in [0.2, 0.25) is 0 Å². The number of nitrogens with one attached hydrogen (secondary N) is 1. The van der Waals surface area contributed by atoms with Crippen LogP contribution in [0, 0.1) is 5.92 Å². The number of aliphatic carboxylic acids is 1. The summed E-state index contributed by atoms with van der Waals surface area (Å²) in [7, 11) is 0. The molecule has 0 aromatic heterocycles. The largest absolute Gasteiger partial charge is 0.481 e. The molecular weight excluding hydrogens is 270 g/mol. The summed E-state index contributed by atoms with van der Waals surface area (Å²) in [5.74, 6) is -0.957. The molecule has 1 atom stereocenters. The third kappa shape index (κ3) is 6.01. The molecule has 0 saturated carbocycles. The van der Waals surface area contributed by atoms with Crippen LogP contribution < -0.4 is 5.32 Å². The minimum atomic E-state index is -0.743. The fourth-order valence-corrected chi connectivity index (χ4v) is 2.68. The summed E-state index contributed by atoms with van der Waals surface area (Å²) in [6.07, 6.45) is 1.13. The first-order chi connectivity index (χ1) is 9.97. The zero-order valence-electron chi connectivity index (χ0n) is 13.5. The summed E-state index contributed by atoms with van der Waals surface area (Å²) < 4.78 is 0. The van der Waals surface area contributed by atoms with Crippen molar-refractivity contribution in [2.45, 2.75) is 39.7 Å². The van der Waals surface area contributed by atoms with Gasteiger partial charge >= 0.3 is 5.97 Å². The van der Waals surface area contributed by atoms with E-state index in [0.717, 1.165) is 19.6 Å². The van der Waals surface area contributed by atoms with E-state index in [2.05, 4.69) is 31.0 Å². The lowest BCUT2D eigenvalue weighted by Gasteiger charge is -2.31. The Morgan fingerprint density at radius 1 is 1.29 bits per heavy atom. The highest BCUT2D eigenvalue weighted by molar-refractivity contribution is 5.79. The average Bonchev–Trinajstić information content (AvgIpc) is 2.50. The van der Waals surface area contributed by atoms with Gasteiger partial charge in [0, 0.05) is 25.7 Å². The summed E-state index contributed by atoms with van der Waals surface area (Å²) in [6, 6.07) is 0.269. The molecule has 0 bridgehead atoms. The van der Waals surface area contributed by atoms with Gasteiger partial charge in [0.15, 0.2) is 0 Å². The monoisotopic (exact) mass is 299 g/mol. The fourth-order valence-electron chi connectivity index (χ4n) is 2.68. The highest BCUT2D eigenvalue weighted by atomic mass is 16.4. The molecule has 1 unspecified atom stereocenters. The second kappa shape index (κ2) is 9.00. The Labute approximate surface area is 127 Å². The number of nitrogens with zero attached hydrogens (tertiary/aromatic N) is 2. The van der Waals surface area contributed by atoms with Crippen molar-refractivity contribution in [2.24, 2.45) is 5.92 Å². The fraction of sp³-hybridized carbons (Fsp3) is 0.867. The van der Waals surface area contributed by atoms with Crippen LogP contribution in [0.3, 0.4) is 0 Å². The van der Waals surface area contributed by atoms with Gasteiger partial charge < -0.3 is 20.2 Å². The van der Waals surface area contributed by atoms with E-state index in [1.165, 1.54) is 0 Å². The Morgan fingerprint density at radius 3 is 2.33 bits per heavy atom. The van der Waals surface area contributed by atoms with Crippen LogP contribution in [0.4, 0.5) is 0 Å². The molecule has 1 rings (SSSR count). The quantitative estimate of drug-likeness (QED) is 0.688. The first-order valence-corrected chi connectivity index (χ1v) is 7.94. The summed E-state index contributed by atoms with van der Waals surface area (Å²) in [4.78, 5) is 27.1. The number of likely N-dealkylation sites (N-methyl/N-ethyl adjacent to an activating group) is 1. The predicted molar refractivity (Wildman–Crippen MR) is 82.2 cm³/mol. The summed E-state index contributed by atoms with van der Waals surface area (Å²) >= 11 is 0. The summed E-state index contributed by atoms with van der Waals surface area (Å²) in [5, 5.41) is 12.2. The molecular formula is C15H29N3O3. The molecule has 6 nitrogen and oxygen atoms in total. The zero-order valence-corrected chi connectivity index (χ0v) is 13.5. The lowest BCUT2D eigenvalue weighted by Crippen LogP contribution is -2.47. The van der Waals surface area contributed by atoms with Crippen molar-refractivity contribution in [3.8, 4) is 0 Å². The smallest absolute Gasteiger partial charge is 0.306 e. The lowest BCUT2D eigenvalue weighted by molar-refractivity contribution is -0.145. The summed E-state index contributed by atoms with van der Waals surface area (Å²) in [5.41, 5.74) is 0. The number of carbonyl (C=O) groups is 2. The molecule has 122 valence electrons. The molecule has 1 fully saturated rings. The van der Waals surface area contributed by atoms with Gasteiger partial charge in [0.1, 0.15) is 0 Å². The number of rotatable bonds is 8. The van der Waals surface area contributed by atoms with E-state index in [4.69, 9.17) is 5.11 Å². The van der Waals surface area contributed by atoms with Crippen molar-refractivity contribution in [1.82, 2.24) is 15.1 Å². The first kappa shape index (κ1) is 17.9. The maximum atomic E-state index is 12.1. The Bertz CT molecular complexity index is 337. The standard InChI is InChI=1S/C15H29N3O3/c1-4-17(5-2)11-12(3)16-10-14(19)18-8-6-13(7-9-18)15(20)21/h12-13,16H,4-11H2,1-3H3,(H,20,21). The van der Waals surface area contributed by atoms with E-state index in [1.807, 2.05) is 0 Å². The minimum absolute atomic E-state index is 0.0743. The van der Waals surface area contributed by atoms with Crippen molar-refractivity contribution in [3.63, 3.8) is 0 Å². The molecule has 1 saturated heterocycles. The van der Waals surface area contributed by atoms with Crippen LogP contribution in [0.1, 0.15) is 33.6 Å². The van der Waals surface area contributed by atoms with Crippen LogP contribution in [0.15, 0.2) is 0 Å². The molecule has 0 aromatic carbocycles. The zero-order chi connectivity index (χ0) is 15.8. The lowest BCUT2D eigenvalue weighted by atomic mass is 9.97. The van der Waals surface area contributed by atoms with Crippen molar-refractivity contribution in [1.29, 1.82) is 0 Å². The molecule has 21 heavy (non-hydrogen) atoms. The van der Waals surface area contributed by atoms with Crippen LogP contribution in [-0.2, 0) is 9.59 Å². The normalized spacial score (nSPS) is 18.0. The number of hydrogen-bond acceptors (Lipinski definition) is 4. The van der Waals surface area contributed by atoms with Crippen LogP contribution >= 0.6 is 0 Å². The highest BCUT2D eigenvalue weighted by Gasteiger charge is 2.26. The van der Waals surface area contributed by atoms with Gasteiger partial charge in [-0.1, -0.05) is 13.8 Å². The van der Waals surface area contributed by atoms with Crippen molar-refractivity contribution in [3.05, 3.63) is 0 Å². The third-order valence-corrected chi connectivity index (χ3v) is 4.23. The Kier molecular flexibility index (Phi) is 7.67. The molecule has 1 heterocycles. The molecule has 1 amide bonds. The van der Waals surface area contributed by atoms with E-state index in [9.17, 15) is 9.59 Å². The molecule has 1 aliphatic rings. The van der Waals surface area contributed by atoms with E-state index in [1.54, 1.807) is 4.90 Å². The Balaban J connectivity index is 2.26. The molecule has 0 aliphatic carbocycles. The van der Waals surface area contributed by atoms with Crippen molar-refractivity contribution < 1.29 is 14.7 Å². The number of likely N-dealkylation sites (tertiary alicyclic amines) is 1. The highest BCUT2D eigenvalue weighted by Crippen LogP contribution is 2.17.